The Kier molecular flexibility index (Phi) is 5.33. The van der Waals surface area contributed by atoms with Crippen molar-refractivity contribution in [3.63, 3.8) is 0 Å². The van der Waals surface area contributed by atoms with Gasteiger partial charge in [0.1, 0.15) is 11.8 Å². The monoisotopic (exact) mass is 480 g/mol. The molecule has 1 N–H and O–H groups in total. The van der Waals surface area contributed by atoms with Gasteiger partial charge in [0.2, 0.25) is 0 Å². The number of anilines is 1. The summed E-state index contributed by atoms with van der Waals surface area (Å²) in [6.07, 6.45) is 0.893. The molecule has 0 radical (unpaired) electrons. The lowest BCUT2D eigenvalue weighted by Gasteiger charge is -2.21. The molecule has 2 aromatic carbocycles. The molecule has 5 rings (SSSR count). The Morgan fingerprint density at radius 1 is 1.16 bits per heavy atom. The summed E-state index contributed by atoms with van der Waals surface area (Å²) in [7, 11) is 0. The summed E-state index contributed by atoms with van der Waals surface area (Å²) in [5, 5.41) is 13.9. The number of amides is 1. The molecule has 0 spiro atoms. The van der Waals surface area contributed by atoms with Crippen molar-refractivity contribution in [2.75, 3.05) is 4.90 Å². The minimum Gasteiger partial charge on any atom is -0.507 e. The molecule has 1 amide bonds. The number of hydrogen-bond donors (Lipinski definition) is 1. The second kappa shape index (κ2) is 8.16. The molecule has 1 aliphatic rings. The minimum absolute atomic E-state index is 0.0493. The van der Waals surface area contributed by atoms with Crippen LogP contribution in [0.1, 0.15) is 29.0 Å². The van der Waals surface area contributed by atoms with Gasteiger partial charge in [-0.25, -0.2) is 4.98 Å². The summed E-state index contributed by atoms with van der Waals surface area (Å²) in [6.45, 7) is 2.08. The quantitative estimate of drug-likeness (QED) is 0.214. The average Bonchev–Trinajstić information content (AvgIpc) is 3.52. The van der Waals surface area contributed by atoms with Crippen molar-refractivity contribution in [2.24, 2.45) is 0 Å². The first-order chi connectivity index (χ1) is 15.5. The van der Waals surface area contributed by atoms with Gasteiger partial charge in [-0.3, -0.25) is 14.5 Å². The third-order valence-electron chi connectivity index (χ3n) is 5.43. The van der Waals surface area contributed by atoms with Crippen molar-refractivity contribution < 1.29 is 14.7 Å². The Labute approximate surface area is 197 Å². The van der Waals surface area contributed by atoms with Crippen LogP contribution in [0.3, 0.4) is 0 Å². The van der Waals surface area contributed by atoms with Gasteiger partial charge >= 0.3 is 5.91 Å². The number of rotatable bonds is 4. The van der Waals surface area contributed by atoms with E-state index in [1.807, 2.05) is 29.6 Å². The normalized spacial score (nSPS) is 18.1. The summed E-state index contributed by atoms with van der Waals surface area (Å²) in [4.78, 5) is 33.2. The highest BCUT2D eigenvalue weighted by atomic mass is 35.5. The molecule has 0 saturated carbocycles. The number of aliphatic hydroxyl groups excluding tert-OH is 1. The molecule has 1 aliphatic heterocycles. The molecule has 8 heteroatoms. The molecule has 32 heavy (non-hydrogen) atoms. The van der Waals surface area contributed by atoms with Crippen LogP contribution in [0, 0.1) is 0 Å². The number of carbonyl (C=O) groups is 2. The molecule has 4 aromatic rings. The summed E-state index contributed by atoms with van der Waals surface area (Å²) in [6, 6.07) is 15.5. The van der Waals surface area contributed by atoms with Gasteiger partial charge < -0.3 is 5.11 Å². The maximum Gasteiger partial charge on any atom is 0.301 e. The smallest absolute Gasteiger partial charge is 0.301 e. The number of fused-ring (bicyclic) bond motifs is 1. The van der Waals surface area contributed by atoms with Crippen LogP contribution in [0.15, 0.2) is 65.6 Å². The lowest BCUT2D eigenvalue weighted by atomic mass is 10.00. The van der Waals surface area contributed by atoms with Crippen LogP contribution >= 0.6 is 34.3 Å². The van der Waals surface area contributed by atoms with Gasteiger partial charge in [0, 0.05) is 15.5 Å². The van der Waals surface area contributed by atoms with E-state index in [0.717, 1.165) is 21.5 Å². The maximum atomic E-state index is 13.2. The Morgan fingerprint density at radius 3 is 2.62 bits per heavy atom. The fourth-order valence-electron chi connectivity index (χ4n) is 3.79. The third kappa shape index (κ3) is 3.43. The van der Waals surface area contributed by atoms with Crippen LogP contribution in [0.25, 0.3) is 16.0 Å². The van der Waals surface area contributed by atoms with Crippen molar-refractivity contribution in [2.45, 2.75) is 19.4 Å². The molecule has 1 fully saturated rings. The molecule has 1 saturated heterocycles. The largest absolute Gasteiger partial charge is 0.507 e. The first-order valence-corrected chi connectivity index (χ1v) is 12.0. The number of carbonyl (C=O) groups excluding carboxylic acids is 2. The van der Waals surface area contributed by atoms with Gasteiger partial charge in [-0.15, -0.1) is 11.3 Å². The van der Waals surface area contributed by atoms with Crippen LogP contribution in [-0.2, 0) is 16.0 Å². The number of aryl methyl sites for hydroxylation is 1. The Balaban J connectivity index is 1.69. The fourth-order valence-corrected chi connectivity index (χ4v) is 5.79. The number of ketones is 1. The van der Waals surface area contributed by atoms with E-state index < -0.39 is 17.7 Å². The lowest BCUT2D eigenvalue weighted by Crippen LogP contribution is -2.28. The number of hydrogen-bond acceptors (Lipinski definition) is 6. The molecule has 1 atom stereocenters. The average molecular weight is 481 g/mol. The second-order valence-corrected chi connectivity index (χ2v) is 9.77. The van der Waals surface area contributed by atoms with E-state index in [1.165, 1.54) is 33.1 Å². The van der Waals surface area contributed by atoms with E-state index in [-0.39, 0.29) is 11.3 Å². The topological polar surface area (TPSA) is 70.5 Å². The van der Waals surface area contributed by atoms with E-state index in [4.69, 9.17) is 11.6 Å². The van der Waals surface area contributed by atoms with E-state index >= 15 is 0 Å². The Bertz CT molecular complexity index is 1370. The Hall–Kier alpha value is -3.00. The Morgan fingerprint density at radius 2 is 1.94 bits per heavy atom. The van der Waals surface area contributed by atoms with Gasteiger partial charge in [-0.05, 0) is 59.8 Å². The van der Waals surface area contributed by atoms with Crippen LogP contribution in [0.5, 0.6) is 0 Å². The van der Waals surface area contributed by atoms with E-state index in [1.54, 1.807) is 24.3 Å². The highest BCUT2D eigenvalue weighted by Gasteiger charge is 2.48. The molecule has 0 bridgehead atoms. The number of halogens is 1. The molecule has 0 unspecified atom stereocenters. The summed E-state index contributed by atoms with van der Waals surface area (Å²) in [5.74, 6) is -1.66. The maximum absolute atomic E-state index is 13.2. The highest BCUT2D eigenvalue weighted by molar-refractivity contribution is 7.22. The van der Waals surface area contributed by atoms with Crippen molar-refractivity contribution in [1.82, 2.24) is 4.98 Å². The number of thiazole rings is 1. The predicted octanol–water partition coefficient (Wildman–Crippen LogP) is 6.20. The molecule has 0 aliphatic carbocycles. The first-order valence-electron chi connectivity index (χ1n) is 9.97. The first kappa shape index (κ1) is 20.9. The van der Waals surface area contributed by atoms with Gasteiger partial charge in [-0.1, -0.05) is 42.0 Å². The van der Waals surface area contributed by atoms with Gasteiger partial charge in [-0.2, -0.15) is 0 Å². The van der Waals surface area contributed by atoms with Gasteiger partial charge in [0.15, 0.2) is 5.13 Å². The van der Waals surface area contributed by atoms with Crippen LogP contribution < -0.4 is 4.90 Å². The van der Waals surface area contributed by atoms with Crippen LogP contribution in [0.4, 0.5) is 5.13 Å². The van der Waals surface area contributed by atoms with Crippen molar-refractivity contribution in [3.8, 4) is 0 Å². The van der Waals surface area contributed by atoms with Gasteiger partial charge in [0.25, 0.3) is 5.78 Å². The summed E-state index contributed by atoms with van der Waals surface area (Å²) < 4.78 is 0.948. The third-order valence-corrected chi connectivity index (χ3v) is 7.62. The number of benzene rings is 2. The standard InChI is InChI=1S/C24H17ClN2O3S2/c1-2-13-5-10-16-18(12-13)32-24(26-16)27-20(17-4-3-11-31-17)19(22(29)23(27)30)21(28)14-6-8-15(25)9-7-14/h3-12,20,28H,2H2,1H3/t20-/m0/s1. The number of Topliss-reactive ketones (excluding diaryl/α,β-unsaturated/α-hetero) is 1. The second-order valence-electron chi connectivity index (χ2n) is 7.34. The molecule has 5 nitrogen and oxygen atoms in total. The van der Waals surface area contributed by atoms with E-state index in [9.17, 15) is 14.7 Å². The van der Waals surface area contributed by atoms with Crippen molar-refractivity contribution in [3.05, 3.63) is 86.6 Å². The number of nitrogens with zero attached hydrogens (tertiary/aromatic N) is 2. The number of aromatic nitrogens is 1. The molecular weight excluding hydrogens is 464 g/mol. The zero-order valence-corrected chi connectivity index (χ0v) is 19.3. The molecule has 160 valence electrons. The highest BCUT2D eigenvalue weighted by Crippen LogP contribution is 2.45. The molecule has 3 heterocycles. The van der Waals surface area contributed by atoms with Gasteiger partial charge in [0.05, 0.1) is 15.8 Å². The molecular formula is C24H17ClN2O3S2. The number of aliphatic hydroxyl groups is 1. The molecule has 2 aromatic heterocycles. The zero-order chi connectivity index (χ0) is 22.4. The van der Waals surface area contributed by atoms with Crippen molar-refractivity contribution >= 4 is 67.1 Å². The van der Waals surface area contributed by atoms with E-state index in [2.05, 4.69) is 18.0 Å². The van der Waals surface area contributed by atoms with Crippen LogP contribution in [0.2, 0.25) is 5.02 Å². The minimum atomic E-state index is -0.753. The van der Waals surface area contributed by atoms with Crippen molar-refractivity contribution in [1.29, 1.82) is 0 Å². The summed E-state index contributed by atoms with van der Waals surface area (Å²) in [5.41, 5.74) is 2.41. The van der Waals surface area contributed by atoms with Crippen LogP contribution in [-0.4, -0.2) is 21.8 Å². The zero-order valence-electron chi connectivity index (χ0n) is 16.9. The fraction of sp³-hybridized carbons (Fsp3) is 0.125. The SMILES string of the molecule is CCc1ccc2nc(N3C(=O)C(=O)C(=C(O)c4ccc(Cl)cc4)[C@@H]3c3cccs3)sc2c1. The summed E-state index contributed by atoms with van der Waals surface area (Å²) >= 11 is 8.75. The number of thiophene rings is 1. The predicted molar refractivity (Wildman–Crippen MR) is 130 cm³/mol. The van der Waals surface area contributed by atoms with E-state index in [0.29, 0.717) is 15.7 Å². The lowest BCUT2D eigenvalue weighted by molar-refractivity contribution is -0.132.